The Morgan fingerprint density at radius 1 is 1.20 bits per heavy atom. The fraction of sp³-hybridized carbons (Fsp3) is 0.556. The lowest BCUT2D eigenvalue weighted by molar-refractivity contribution is 0.614. The number of hydrogen-bond acceptors (Lipinski definition) is 1. The van der Waals surface area contributed by atoms with E-state index in [4.69, 9.17) is 0 Å². The molecule has 0 aromatic rings. The van der Waals surface area contributed by atoms with Gasteiger partial charge < -0.3 is 4.90 Å². The molecule has 0 radical (unpaired) electrons. The second-order valence-corrected chi connectivity index (χ2v) is 2.73. The third kappa shape index (κ3) is 5.42. The molecule has 0 heterocycles. The molecule has 0 N–H and O–H groups in total. The summed E-state index contributed by atoms with van der Waals surface area (Å²) in [4.78, 5) is 2.04. The molecule has 0 aromatic heterocycles. The summed E-state index contributed by atoms with van der Waals surface area (Å²) < 4.78 is 0. The average molecular weight is 139 g/mol. The van der Waals surface area contributed by atoms with E-state index in [9.17, 15) is 0 Å². The van der Waals surface area contributed by atoms with Gasteiger partial charge in [-0.1, -0.05) is 26.0 Å². The zero-order chi connectivity index (χ0) is 7.98. The minimum Gasteiger partial charge on any atom is -0.358 e. The molecule has 1 heteroatoms. The Hall–Kier alpha value is -0.720. The Morgan fingerprint density at radius 2 is 1.80 bits per heavy atom. The van der Waals surface area contributed by atoms with E-state index in [1.54, 1.807) is 0 Å². The van der Waals surface area contributed by atoms with Crippen molar-refractivity contribution in [2.45, 2.75) is 20.8 Å². The zero-order valence-electron chi connectivity index (χ0n) is 7.33. The van der Waals surface area contributed by atoms with Crippen molar-refractivity contribution in [1.29, 1.82) is 0 Å². The molecular formula is C9H17N. The van der Waals surface area contributed by atoms with Gasteiger partial charge in [-0.2, -0.15) is 0 Å². The van der Waals surface area contributed by atoms with Crippen LogP contribution in [0.1, 0.15) is 20.8 Å². The Labute approximate surface area is 64.0 Å². The van der Waals surface area contributed by atoms with Crippen LogP contribution < -0.4 is 0 Å². The van der Waals surface area contributed by atoms with E-state index in [1.165, 1.54) is 0 Å². The standard InChI is InChI=1S/C9H17N/c1-5-7-10(4)8-6-9(2)3/h5-9H,1-4H3/b7-5-,8-6-. The summed E-state index contributed by atoms with van der Waals surface area (Å²) >= 11 is 0. The molecule has 0 atom stereocenters. The van der Waals surface area contributed by atoms with Gasteiger partial charge in [0.15, 0.2) is 0 Å². The van der Waals surface area contributed by atoms with E-state index in [0.717, 1.165) is 0 Å². The summed E-state index contributed by atoms with van der Waals surface area (Å²) in [5.74, 6) is 0.632. The van der Waals surface area contributed by atoms with E-state index in [-0.39, 0.29) is 0 Å². The molecule has 0 fully saturated rings. The van der Waals surface area contributed by atoms with Gasteiger partial charge in [-0.3, -0.25) is 0 Å². The summed E-state index contributed by atoms with van der Waals surface area (Å²) in [7, 11) is 2.03. The molecule has 0 aliphatic heterocycles. The third-order valence-electron chi connectivity index (χ3n) is 1.09. The summed E-state index contributed by atoms with van der Waals surface area (Å²) in [6.45, 7) is 6.35. The molecule has 0 aromatic carbocycles. The number of allylic oxidation sites excluding steroid dienone is 2. The summed E-state index contributed by atoms with van der Waals surface area (Å²) in [6.07, 6.45) is 8.29. The number of hydrogen-bond donors (Lipinski definition) is 0. The number of rotatable bonds is 3. The molecule has 0 aliphatic carbocycles. The second kappa shape index (κ2) is 5.10. The first kappa shape index (κ1) is 9.28. The van der Waals surface area contributed by atoms with Gasteiger partial charge in [-0.15, -0.1) is 0 Å². The predicted octanol–water partition coefficient (Wildman–Crippen LogP) is 2.62. The maximum Gasteiger partial charge on any atom is 0.0106 e. The largest absolute Gasteiger partial charge is 0.358 e. The quantitative estimate of drug-likeness (QED) is 0.581. The van der Waals surface area contributed by atoms with Crippen molar-refractivity contribution < 1.29 is 0 Å². The lowest BCUT2D eigenvalue weighted by Gasteiger charge is -2.06. The molecule has 0 amide bonds. The maximum absolute atomic E-state index is 2.17. The SMILES string of the molecule is C/C=C\N(C)/C=C\C(C)C. The van der Waals surface area contributed by atoms with Crippen LogP contribution in [0.3, 0.4) is 0 Å². The van der Waals surface area contributed by atoms with Crippen molar-refractivity contribution in [2.24, 2.45) is 5.92 Å². The van der Waals surface area contributed by atoms with Crippen LogP contribution in [0.15, 0.2) is 24.6 Å². The highest BCUT2D eigenvalue weighted by Crippen LogP contribution is 1.95. The van der Waals surface area contributed by atoms with E-state index in [2.05, 4.69) is 26.1 Å². The van der Waals surface area contributed by atoms with Crippen LogP contribution in [0.5, 0.6) is 0 Å². The molecule has 0 unspecified atom stereocenters. The van der Waals surface area contributed by atoms with Gasteiger partial charge in [-0.25, -0.2) is 0 Å². The molecule has 58 valence electrons. The monoisotopic (exact) mass is 139 g/mol. The molecule has 0 saturated carbocycles. The summed E-state index contributed by atoms with van der Waals surface area (Å²) in [5.41, 5.74) is 0. The van der Waals surface area contributed by atoms with Crippen molar-refractivity contribution in [2.75, 3.05) is 7.05 Å². The van der Waals surface area contributed by atoms with Crippen molar-refractivity contribution >= 4 is 0 Å². The fourth-order valence-electron chi connectivity index (χ4n) is 0.593. The Bertz CT molecular complexity index is 123. The van der Waals surface area contributed by atoms with Gasteiger partial charge in [-0.05, 0) is 25.2 Å². The van der Waals surface area contributed by atoms with Crippen LogP contribution in [0.2, 0.25) is 0 Å². The third-order valence-corrected chi connectivity index (χ3v) is 1.09. The first-order chi connectivity index (χ1) is 4.66. The topological polar surface area (TPSA) is 3.24 Å². The molecule has 0 saturated heterocycles. The predicted molar refractivity (Wildman–Crippen MR) is 46.6 cm³/mol. The molecular weight excluding hydrogens is 122 g/mol. The first-order valence-corrected chi connectivity index (χ1v) is 3.70. The van der Waals surface area contributed by atoms with E-state index >= 15 is 0 Å². The first-order valence-electron chi connectivity index (χ1n) is 3.70. The maximum atomic E-state index is 2.17. The Morgan fingerprint density at radius 3 is 2.20 bits per heavy atom. The molecule has 0 bridgehead atoms. The highest BCUT2D eigenvalue weighted by molar-refractivity contribution is 4.89. The number of nitrogens with zero attached hydrogens (tertiary/aromatic N) is 1. The van der Waals surface area contributed by atoms with Gasteiger partial charge in [0.05, 0.1) is 0 Å². The smallest absolute Gasteiger partial charge is 0.0106 e. The summed E-state index contributed by atoms with van der Waals surface area (Å²) in [6, 6.07) is 0. The zero-order valence-corrected chi connectivity index (χ0v) is 7.33. The van der Waals surface area contributed by atoms with Crippen molar-refractivity contribution in [3.05, 3.63) is 24.6 Å². The average Bonchev–Trinajstić information content (AvgIpc) is 1.85. The van der Waals surface area contributed by atoms with E-state index in [0.29, 0.717) is 5.92 Å². The molecule has 10 heavy (non-hydrogen) atoms. The molecule has 0 spiro atoms. The van der Waals surface area contributed by atoms with Crippen LogP contribution in [0.25, 0.3) is 0 Å². The Balaban J connectivity index is 3.66. The minimum absolute atomic E-state index is 0.632. The van der Waals surface area contributed by atoms with Crippen molar-refractivity contribution in [3.8, 4) is 0 Å². The lowest BCUT2D eigenvalue weighted by atomic mass is 10.2. The van der Waals surface area contributed by atoms with E-state index in [1.807, 2.05) is 31.1 Å². The Kier molecular flexibility index (Phi) is 4.73. The van der Waals surface area contributed by atoms with Crippen LogP contribution >= 0.6 is 0 Å². The van der Waals surface area contributed by atoms with E-state index < -0.39 is 0 Å². The highest BCUT2D eigenvalue weighted by Gasteiger charge is 1.83. The van der Waals surface area contributed by atoms with Crippen LogP contribution in [-0.2, 0) is 0 Å². The van der Waals surface area contributed by atoms with Crippen LogP contribution in [0, 0.1) is 5.92 Å². The lowest BCUT2D eigenvalue weighted by Crippen LogP contribution is -1.99. The fourth-order valence-corrected chi connectivity index (χ4v) is 0.593. The van der Waals surface area contributed by atoms with Crippen LogP contribution in [0.4, 0.5) is 0 Å². The van der Waals surface area contributed by atoms with Gasteiger partial charge in [0.2, 0.25) is 0 Å². The van der Waals surface area contributed by atoms with Gasteiger partial charge in [0.1, 0.15) is 0 Å². The summed E-state index contributed by atoms with van der Waals surface area (Å²) in [5, 5.41) is 0. The van der Waals surface area contributed by atoms with Crippen molar-refractivity contribution in [3.63, 3.8) is 0 Å². The normalized spacial score (nSPS) is 12.1. The van der Waals surface area contributed by atoms with Crippen LogP contribution in [-0.4, -0.2) is 11.9 Å². The molecule has 0 aliphatic rings. The van der Waals surface area contributed by atoms with Gasteiger partial charge in [0.25, 0.3) is 0 Å². The molecule has 1 nitrogen and oxygen atoms in total. The highest BCUT2D eigenvalue weighted by atomic mass is 15.0. The minimum atomic E-state index is 0.632. The second-order valence-electron chi connectivity index (χ2n) is 2.73. The van der Waals surface area contributed by atoms with Gasteiger partial charge >= 0.3 is 0 Å². The molecule has 0 rings (SSSR count). The van der Waals surface area contributed by atoms with Gasteiger partial charge in [0, 0.05) is 7.05 Å². The van der Waals surface area contributed by atoms with Crippen molar-refractivity contribution in [1.82, 2.24) is 4.90 Å².